The van der Waals surface area contributed by atoms with E-state index in [1.165, 1.54) is 18.4 Å². The van der Waals surface area contributed by atoms with Gasteiger partial charge in [0, 0.05) is 25.6 Å². The van der Waals surface area contributed by atoms with Gasteiger partial charge in [0.2, 0.25) is 5.91 Å². The van der Waals surface area contributed by atoms with Gasteiger partial charge in [0.15, 0.2) is 0 Å². The van der Waals surface area contributed by atoms with Crippen LogP contribution in [0, 0.1) is 0 Å². The summed E-state index contributed by atoms with van der Waals surface area (Å²) in [4.78, 5) is 14.8. The molecule has 0 radical (unpaired) electrons. The minimum absolute atomic E-state index is 0.325. The van der Waals surface area contributed by atoms with E-state index in [2.05, 4.69) is 35.2 Å². The molecule has 0 saturated carbocycles. The summed E-state index contributed by atoms with van der Waals surface area (Å²) < 4.78 is 5.65. The van der Waals surface area contributed by atoms with E-state index < -0.39 is 0 Å². The summed E-state index contributed by atoms with van der Waals surface area (Å²) in [6, 6.07) is 11.1. The van der Waals surface area contributed by atoms with Crippen molar-refractivity contribution >= 4 is 5.91 Å². The lowest BCUT2D eigenvalue weighted by Gasteiger charge is -2.36. The fourth-order valence-electron chi connectivity index (χ4n) is 3.91. The third-order valence-electron chi connectivity index (χ3n) is 5.26. The minimum Gasteiger partial charge on any atom is -0.378 e. The van der Waals surface area contributed by atoms with Crippen LogP contribution in [0.4, 0.5) is 0 Å². The van der Waals surface area contributed by atoms with Crippen molar-refractivity contribution in [3.63, 3.8) is 0 Å². The molecule has 2 atom stereocenters. The van der Waals surface area contributed by atoms with Crippen LogP contribution in [0.25, 0.3) is 0 Å². The van der Waals surface area contributed by atoms with Crippen molar-refractivity contribution < 1.29 is 9.53 Å². The summed E-state index contributed by atoms with van der Waals surface area (Å²) in [7, 11) is 0. The number of aryl methyl sites for hydroxylation is 1. The number of hydrogen-bond donors (Lipinski definition) is 0. The molecular weight excluding hydrogens is 286 g/mol. The van der Waals surface area contributed by atoms with E-state index in [1.54, 1.807) is 0 Å². The Morgan fingerprint density at radius 3 is 2.74 bits per heavy atom. The monoisotopic (exact) mass is 315 g/mol. The molecule has 2 aliphatic heterocycles. The van der Waals surface area contributed by atoms with Crippen LogP contribution in [-0.2, 0) is 16.0 Å². The maximum atomic E-state index is 12.6. The molecule has 0 N–H and O–H groups in total. The van der Waals surface area contributed by atoms with Crippen LogP contribution in [0.2, 0.25) is 0 Å². The topological polar surface area (TPSA) is 29.5 Å². The number of carbonyl (C=O) groups is 1. The van der Waals surface area contributed by atoms with Gasteiger partial charge in [-0.05, 0) is 56.9 Å². The number of rotatable bonds is 6. The van der Waals surface area contributed by atoms with Gasteiger partial charge in [-0.25, -0.2) is 0 Å². The Balaban J connectivity index is 1.49. The molecule has 3 nitrogen and oxygen atoms in total. The molecule has 126 valence electrons. The second-order valence-corrected chi connectivity index (χ2v) is 6.93. The van der Waals surface area contributed by atoms with Crippen LogP contribution in [-0.4, -0.2) is 36.1 Å². The molecule has 0 spiro atoms. The summed E-state index contributed by atoms with van der Waals surface area (Å²) in [6.45, 7) is 1.83. The van der Waals surface area contributed by atoms with Crippen molar-refractivity contribution in [2.75, 3.05) is 13.2 Å². The van der Waals surface area contributed by atoms with Gasteiger partial charge in [-0.15, -0.1) is 0 Å². The second kappa shape index (κ2) is 8.49. The molecule has 1 aromatic carbocycles. The van der Waals surface area contributed by atoms with Crippen molar-refractivity contribution in [1.82, 2.24) is 4.90 Å². The normalized spacial score (nSPS) is 24.8. The van der Waals surface area contributed by atoms with E-state index in [1.807, 2.05) is 0 Å². The van der Waals surface area contributed by atoms with Crippen molar-refractivity contribution in [2.45, 2.75) is 69.9 Å². The van der Waals surface area contributed by atoms with Crippen LogP contribution in [0.3, 0.4) is 0 Å². The van der Waals surface area contributed by atoms with Gasteiger partial charge >= 0.3 is 0 Å². The van der Waals surface area contributed by atoms with Gasteiger partial charge in [-0.2, -0.15) is 0 Å². The smallest absolute Gasteiger partial charge is 0.222 e. The van der Waals surface area contributed by atoms with Crippen LogP contribution in [0.15, 0.2) is 30.3 Å². The molecule has 2 heterocycles. The quantitative estimate of drug-likeness (QED) is 0.795. The molecule has 1 amide bonds. The molecule has 0 unspecified atom stereocenters. The Morgan fingerprint density at radius 1 is 1.09 bits per heavy atom. The maximum absolute atomic E-state index is 12.6. The van der Waals surface area contributed by atoms with Gasteiger partial charge in [0.05, 0.1) is 6.10 Å². The Kier molecular flexibility index (Phi) is 6.09. The first-order valence-electron chi connectivity index (χ1n) is 9.28. The first kappa shape index (κ1) is 16.5. The Morgan fingerprint density at radius 2 is 1.96 bits per heavy atom. The zero-order chi connectivity index (χ0) is 15.9. The zero-order valence-corrected chi connectivity index (χ0v) is 14.1. The van der Waals surface area contributed by atoms with Gasteiger partial charge in [-0.1, -0.05) is 30.3 Å². The predicted molar refractivity (Wildman–Crippen MR) is 92.3 cm³/mol. The number of ether oxygens (including phenoxy) is 1. The molecule has 1 aromatic rings. The number of benzene rings is 1. The fraction of sp³-hybridized carbons (Fsp3) is 0.650. The number of likely N-dealkylation sites (tertiary alicyclic amines) is 1. The lowest BCUT2D eigenvalue weighted by atomic mass is 9.95. The number of hydrogen-bond acceptors (Lipinski definition) is 2. The van der Waals surface area contributed by atoms with E-state index in [9.17, 15) is 4.79 Å². The molecule has 0 bridgehead atoms. The summed E-state index contributed by atoms with van der Waals surface area (Å²) in [5, 5.41) is 0. The van der Waals surface area contributed by atoms with E-state index in [0.29, 0.717) is 24.5 Å². The number of nitrogens with zero attached hydrogens (tertiary/aromatic N) is 1. The average Bonchev–Trinajstić information content (AvgIpc) is 3.12. The highest BCUT2D eigenvalue weighted by molar-refractivity contribution is 5.76. The van der Waals surface area contributed by atoms with Crippen LogP contribution >= 0.6 is 0 Å². The molecule has 0 aromatic heterocycles. The lowest BCUT2D eigenvalue weighted by molar-refractivity contribution is -0.135. The van der Waals surface area contributed by atoms with Crippen LogP contribution < -0.4 is 0 Å². The lowest BCUT2D eigenvalue weighted by Crippen LogP contribution is -2.44. The molecular formula is C20H29NO2. The summed E-state index contributed by atoms with van der Waals surface area (Å²) in [5.74, 6) is 0.346. The van der Waals surface area contributed by atoms with Crippen LogP contribution in [0.5, 0.6) is 0 Å². The van der Waals surface area contributed by atoms with E-state index >= 15 is 0 Å². The highest BCUT2D eigenvalue weighted by Gasteiger charge is 2.27. The molecule has 23 heavy (non-hydrogen) atoms. The highest BCUT2D eigenvalue weighted by Crippen LogP contribution is 2.24. The Bertz CT molecular complexity index is 482. The second-order valence-electron chi connectivity index (χ2n) is 6.93. The molecule has 2 saturated heterocycles. The van der Waals surface area contributed by atoms with Crippen molar-refractivity contribution in [2.24, 2.45) is 0 Å². The SMILES string of the molecule is O=C(CC[C@H]1CCCO1)N1CCCC[C@H]1CCc1ccccc1. The van der Waals surface area contributed by atoms with Crippen molar-refractivity contribution in [1.29, 1.82) is 0 Å². The molecule has 2 aliphatic rings. The average molecular weight is 315 g/mol. The molecule has 0 aliphatic carbocycles. The first-order chi connectivity index (χ1) is 11.3. The third kappa shape index (κ3) is 4.81. The van der Waals surface area contributed by atoms with Gasteiger partial charge < -0.3 is 9.64 Å². The number of piperidine rings is 1. The summed E-state index contributed by atoms with van der Waals surface area (Å²) in [6.07, 6.45) is 9.92. The fourth-order valence-corrected chi connectivity index (χ4v) is 3.91. The van der Waals surface area contributed by atoms with E-state index in [0.717, 1.165) is 51.7 Å². The summed E-state index contributed by atoms with van der Waals surface area (Å²) >= 11 is 0. The van der Waals surface area contributed by atoms with E-state index in [4.69, 9.17) is 4.74 Å². The van der Waals surface area contributed by atoms with Gasteiger partial charge in [-0.3, -0.25) is 4.79 Å². The third-order valence-corrected chi connectivity index (χ3v) is 5.26. The number of amides is 1. The van der Waals surface area contributed by atoms with Gasteiger partial charge in [0.1, 0.15) is 0 Å². The molecule has 2 fully saturated rings. The minimum atomic E-state index is 0.325. The highest BCUT2D eigenvalue weighted by atomic mass is 16.5. The maximum Gasteiger partial charge on any atom is 0.222 e. The Hall–Kier alpha value is -1.35. The zero-order valence-electron chi connectivity index (χ0n) is 14.1. The number of carbonyl (C=O) groups excluding carboxylic acids is 1. The summed E-state index contributed by atoms with van der Waals surface area (Å²) in [5.41, 5.74) is 1.38. The molecule has 3 heteroatoms. The Labute approximate surface area is 140 Å². The predicted octanol–water partition coefficient (Wildman–Crippen LogP) is 3.96. The van der Waals surface area contributed by atoms with Crippen LogP contribution in [0.1, 0.15) is 56.9 Å². The van der Waals surface area contributed by atoms with Crippen molar-refractivity contribution in [3.05, 3.63) is 35.9 Å². The largest absolute Gasteiger partial charge is 0.378 e. The van der Waals surface area contributed by atoms with Crippen molar-refractivity contribution in [3.8, 4) is 0 Å². The van der Waals surface area contributed by atoms with Gasteiger partial charge in [0.25, 0.3) is 0 Å². The standard InChI is InChI=1S/C20H29NO2/c22-20(14-13-19-10-6-16-23-19)21-15-5-4-9-18(21)12-11-17-7-2-1-3-8-17/h1-3,7-8,18-19H,4-6,9-16H2/t18-,19+/m0/s1. The first-order valence-corrected chi connectivity index (χ1v) is 9.28. The molecule has 3 rings (SSSR count). The van der Waals surface area contributed by atoms with E-state index in [-0.39, 0.29) is 0 Å².